The van der Waals surface area contributed by atoms with Gasteiger partial charge in [-0.1, -0.05) is 6.07 Å². The van der Waals surface area contributed by atoms with Crippen molar-refractivity contribution in [3.63, 3.8) is 0 Å². The molecule has 0 saturated carbocycles. The van der Waals surface area contributed by atoms with Gasteiger partial charge in [0.15, 0.2) is 0 Å². The van der Waals surface area contributed by atoms with Crippen molar-refractivity contribution >= 4 is 38.9 Å². The highest BCUT2D eigenvalue weighted by atomic mass is 32.1. The molecule has 0 atom stereocenters. The Labute approximate surface area is 125 Å². The molecule has 0 radical (unpaired) electrons. The minimum atomic E-state index is -0.437. The number of hydrogen-bond donors (Lipinski definition) is 2. The van der Waals surface area contributed by atoms with Crippen molar-refractivity contribution in [1.82, 2.24) is 10.2 Å². The Hall–Kier alpha value is -2.15. The third-order valence-corrected chi connectivity index (χ3v) is 4.35. The first-order valence-electron chi connectivity index (χ1n) is 6.38. The normalized spacial score (nSPS) is 10.6. The van der Waals surface area contributed by atoms with E-state index in [0.717, 1.165) is 11.3 Å². The van der Waals surface area contributed by atoms with Crippen LogP contribution in [0.1, 0.15) is 16.1 Å². The summed E-state index contributed by atoms with van der Waals surface area (Å²) >= 11 is 1.16. The molecule has 2 amide bonds. The van der Waals surface area contributed by atoms with Gasteiger partial charge in [0.05, 0.1) is 11.1 Å². The van der Waals surface area contributed by atoms with E-state index in [1.807, 2.05) is 0 Å². The molecule has 0 bridgehead atoms. The molecule has 2 rings (SSSR count). The van der Waals surface area contributed by atoms with E-state index in [0.29, 0.717) is 9.58 Å². The molecule has 0 aliphatic heterocycles. The first kappa shape index (κ1) is 15.2. The highest BCUT2D eigenvalue weighted by Gasteiger charge is 2.21. The quantitative estimate of drug-likeness (QED) is 0.905. The van der Waals surface area contributed by atoms with Gasteiger partial charge in [0.25, 0.3) is 5.91 Å². The maximum absolute atomic E-state index is 13.8. The first-order valence-corrected chi connectivity index (χ1v) is 7.20. The lowest BCUT2D eigenvalue weighted by atomic mass is 10.2. The van der Waals surface area contributed by atoms with Crippen LogP contribution in [-0.4, -0.2) is 37.4 Å². The maximum Gasteiger partial charge on any atom is 0.265 e. The molecule has 1 aromatic heterocycles. The van der Waals surface area contributed by atoms with E-state index in [9.17, 15) is 14.0 Å². The fourth-order valence-electron chi connectivity index (χ4n) is 1.96. The van der Waals surface area contributed by atoms with Crippen LogP contribution in [0, 0.1) is 5.82 Å². The van der Waals surface area contributed by atoms with E-state index in [4.69, 9.17) is 5.73 Å². The number of amides is 2. The molecule has 1 heterocycles. The summed E-state index contributed by atoms with van der Waals surface area (Å²) in [6.45, 7) is 0.272. The fraction of sp³-hybridized carbons (Fsp3) is 0.286. The molecule has 112 valence electrons. The van der Waals surface area contributed by atoms with E-state index in [1.54, 1.807) is 19.2 Å². The van der Waals surface area contributed by atoms with E-state index >= 15 is 0 Å². The number of fused-ring (bicyclic) bond motifs is 1. The highest BCUT2D eigenvalue weighted by Crippen LogP contribution is 2.35. The van der Waals surface area contributed by atoms with Crippen molar-refractivity contribution in [1.29, 1.82) is 0 Å². The molecule has 0 unspecified atom stereocenters. The molecule has 0 aliphatic carbocycles. The Balaban J connectivity index is 2.25. The minimum absolute atomic E-state index is 0.148. The number of hydrogen-bond acceptors (Lipinski definition) is 4. The summed E-state index contributed by atoms with van der Waals surface area (Å²) < 4.78 is 14.4. The number of nitrogen functional groups attached to an aromatic ring is 1. The van der Waals surface area contributed by atoms with Crippen LogP contribution in [0.25, 0.3) is 10.1 Å². The summed E-state index contributed by atoms with van der Waals surface area (Å²) in [5.41, 5.74) is 6.06. The van der Waals surface area contributed by atoms with Gasteiger partial charge in [-0.25, -0.2) is 4.39 Å². The van der Waals surface area contributed by atoms with Crippen molar-refractivity contribution in [2.45, 2.75) is 6.42 Å². The average molecular weight is 309 g/mol. The molecular formula is C14H16FN3O2S. The second kappa shape index (κ2) is 6.09. The standard InChI is InChI=1S/C14H16FN3O2S/c1-17-10(19)6-7-18(2)14(20)13-12(16)11-8(15)4-3-5-9(11)21-13/h3-5H,6-7,16H2,1-2H3,(H,17,19). The lowest BCUT2D eigenvalue weighted by molar-refractivity contribution is -0.120. The third-order valence-electron chi connectivity index (χ3n) is 3.20. The Morgan fingerprint density at radius 1 is 1.43 bits per heavy atom. The van der Waals surface area contributed by atoms with Crippen molar-refractivity contribution in [3.8, 4) is 0 Å². The zero-order valence-corrected chi connectivity index (χ0v) is 12.6. The van der Waals surface area contributed by atoms with Crippen molar-refractivity contribution in [2.75, 3.05) is 26.4 Å². The maximum atomic E-state index is 13.8. The number of halogens is 1. The first-order chi connectivity index (χ1) is 9.95. The van der Waals surface area contributed by atoms with Crippen molar-refractivity contribution < 1.29 is 14.0 Å². The summed E-state index contributed by atoms with van der Waals surface area (Å²) in [7, 11) is 3.13. The van der Waals surface area contributed by atoms with E-state index in [2.05, 4.69) is 5.32 Å². The molecule has 0 spiro atoms. The lowest BCUT2D eigenvalue weighted by Crippen LogP contribution is -2.31. The largest absolute Gasteiger partial charge is 0.397 e. The van der Waals surface area contributed by atoms with Gasteiger partial charge in [-0.05, 0) is 12.1 Å². The van der Waals surface area contributed by atoms with Crippen LogP contribution in [-0.2, 0) is 4.79 Å². The minimum Gasteiger partial charge on any atom is -0.397 e. The third kappa shape index (κ3) is 2.97. The number of nitrogens with zero attached hydrogens (tertiary/aromatic N) is 1. The van der Waals surface area contributed by atoms with Crippen LogP contribution in [0.5, 0.6) is 0 Å². The predicted octanol–water partition coefficient (Wildman–Crippen LogP) is 1.83. The summed E-state index contributed by atoms with van der Waals surface area (Å²) in [6.07, 6.45) is 0.206. The number of anilines is 1. The Bertz CT molecular complexity index is 699. The highest BCUT2D eigenvalue weighted by molar-refractivity contribution is 7.21. The van der Waals surface area contributed by atoms with Gasteiger partial charge in [-0.2, -0.15) is 0 Å². The summed E-state index contributed by atoms with van der Waals surface area (Å²) in [5.74, 6) is -0.893. The van der Waals surface area contributed by atoms with Gasteiger partial charge < -0.3 is 16.0 Å². The molecule has 5 nitrogen and oxygen atoms in total. The number of carbonyl (C=O) groups is 2. The topological polar surface area (TPSA) is 75.4 Å². The number of carbonyl (C=O) groups excluding carboxylic acids is 2. The molecule has 0 fully saturated rings. The molecule has 3 N–H and O–H groups in total. The molecule has 21 heavy (non-hydrogen) atoms. The van der Waals surface area contributed by atoms with Gasteiger partial charge in [-0.15, -0.1) is 11.3 Å². The molecule has 1 aromatic carbocycles. The lowest BCUT2D eigenvalue weighted by Gasteiger charge is -2.16. The second-order valence-corrected chi connectivity index (χ2v) is 5.66. The van der Waals surface area contributed by atoms with Crippen molar-refractivity contribution in [3.05, 3.63) is 28.9 Å². The number of thiophene rings is 1. The zero-order chi connectivity index (χ0) is 15.6. The van der Waals surface area contributed by atoms with Gasteiger partial charge in [0, 0.05) is 31.8 Å². The monoisotopic (exact) mass is 309 g/mol. The van der Waals surface area contributed by atoms with E-state index in [1.165, 1.54) is 18.0 Å². The van der Waals surface area contributed by atoms with Gasteiger partial charge >= 0.3 is 0 Å². The smallest absolute Gasteiger partial charge is 0.265 e. The van der Waals surface area contributed by atoms with Crippen LogP contribution in [0.3, 0.4) is 0 Å². The number of nitrogens with one attached hydrogen (secondary N) is 1. The summed E-state index contributed by atoms with van der Waals surface area (Å²) in [5, 5.41) is 2.77. The van der Waals surface area contributed by atoms with Gasteiger partial charge in [0.1, 0.15) is 10.7 Å². The Kier molecular flexibility index (Phi) is 4.42. The SMILES string of the molecule is CNC(=O)CCN(C)C(=O)c1sc2cccc(F)c2c1N. The van der Waals surface area contributed by atoms with Crippen molar-refractivity contribution in [2.24, 2.45) is 0 Å². The summed E-state index contributed by atoms with van der Waals surface area (Å²) in [4.78, 5) is 25.3. The fourth-order valence-corrected chi connectivity index (χ4v) is 3.09. The second-order valence-electron chi connectivity index (χ2n) is 4.61. The van der Waals surface area contributed by atoms with Crippen LogP contribution < -0.4 is 11.1 Å². The number of benzene rings is 1. The van der Waals surface area contributed by atoms with E-state index in [-0.39, 0.29) is 35.9 Å². The van der Waals surface area contributed by atoms with E-state index < -0.39 is 5.82 Å². The van der Waals surface area contributed by atoms with Crippen LogP contribution >= 0.6 is 11.3 Å². The predicted molar refractivity (Wildman–Crippen MR) is 81.8 cm³/mol. The molecule has 0 aliphatic rings. The van der Waals surface area contributed by atoms with Crippen LogP contribution in [0.4, 0.5) is 10.1 Å². The molecular weight excluding hydrogens is 293 g/mol. The number of nitrogens with two attached hydrogens (primary N) is 1. The number of rotatable bonds is 4. The van der Waals surface area contributed by atoms with Crippen LogP contribution in [0.15, 0.2) is 18.2 Å². The zero-order valence-electron chi connectivity index (χ0n) is 11.8. The van der Waals surface area contributed by atoms with Gasteiger partial charge in [-0.3, -0.25) is 9.59 Å². The average Bonchev–Trinajstić information content (AvgIpc) is 2.82. The van der Waals surface area contributed by atoms with Crippen LogP contribution in [0.2, 0.25) is 0 Å². The van der Waals surface area contributed by atoms with Gasteiger partial charge in [0.2, 0.25) is 5.91 Å². The molecule has 0 saturated heterocycles. The Morgan fingerprint density at radius 3 is 2.76 bits per heavy atom. The Morgan fingerprint density at radius 2 is 2.14 bits per heavy atom. The summed E-state index contributed by atoms with van der Waals surface area (Å²) in [6, 6.07) is 4.62. The molecule has 7 heteroatoms. The molecule has 2 aromatic rings.